The number of aliphatic hydroxyl groups is 1. The second-order valence-corrected chi connectivity index (χ2v) is 6.01. The van der Waals surface area contributed by atoms with Crippen molar-refractivity contribution in [2.45, 2.75) is 33.1 Å². The van der Waals surface area contributed by atoms with Crippen LogP contribution in [0.3, 0.4) is 0 Å². The van der Waals surface area contributed by atoms with E-state index in [0.29, 0.717) is 17.4 Å². The van der Waals surface area contributed by atoms with Gasteiger partial charge >= 0.3 is 0 Å². The van der Waals surface area contributed by atoms with E-state index >= 15 is 0 Å². The fraction of sp³-hybridized carbons (Fsp3) is 0.667. The summed E-state index contributed by atoms with van der Waals surface area (Å²) in [4.78, 5) is 15.8. The highest BCUT2D eigenvalue weighted by Gasteiger charge is 2.18. The molecule has 0 aromatic carbocycles. The van der Waals surface area contributed by atoms with E-state index in [0.717, 1.165) is 12.8 Å². The largest absolute Gasteiger partial charge is 0.396 e. The van der Waals surface area contributed by atoms with Gasteiger partial charge < -0.3 is 16.2 Å². The third-order valence-electron chi connectivity index (χ3n) is 2.69. The molecule has 0 saturated heterocycles. The Hall–Kier alpha value is -1.14. The summed E-state index contributed by atoms with van der Waals surface area (Å²) in [5, 5.41) is 14.0. The van der Waals surface area contributed by atoms with Crippen molar-refractivity contribution in [1.29, 1.82) is 0 Å². The maximum atomic E-state index is 11.7. The molecule has 1 aromatic heterocycles. The summed E-state index contributed by atoms with van der Waals surface area (Å²) in [6, 6.07) is 0. The van der Waals surface area contributed by atoms with Gasteiger partial charge in [0.15, 0.2) is 5.13 Å². The molecule has 0 bridgehead atoms. The van der Waals surface area contributed by atoms with Crippen molar-refractivity contribution >= 4 is 22.4 Å². The third kappa shape index (κ3) is 5.46. The second kappa shape index (κ2) is 6.70. The van der Waals surface area contributed by atoms with Crippen LogP contribution in [-0.2, 0) is 11.2 Å². The van der Waals surface area contributed by atoms with Crippen LogP contribution in [0.5, 0.6) is 0 Å². The van der Waals surface area contributed by atoms with Crippen molar-refractivity contribution in [3.05, 3.63) is 11.1 Å². The molecule has 0 aliphatic carbocycles. The first kappa shape index (κ1) is 14.9. The average molecular weight is 271 g/mol. The van der Waals surface area contributed by atoms with Crippen LogP contribution in [0.1, 0.15) is 32.4 Å². The molecule has 1 amide bonds. The zero-order chi connectivity index (χ0) is 13.6. The van der Waals surface area contributed by atoms with Crippen molar-refractivity contribution < 1.29 is 9.90 Å². The molecule has 0 atom stereocenters. The maximum Gasteiger partial charge on any atom is 0.226 e. The summed E-state index contributed by atoms with van der Waals surface area (Å²) in [5.74, 6) is -0.0441. The Labute approximate surface area is 111 Å². The average Bonchev–Trinajstić information content (AvgIpc) is 2.70. The number of aliphatic hydroxyl groups excluding tert-OH is 1. The van der Waals surface area contributed by atoms with E-state index in [-0.39, 0.29) is 24.3 Å². The first-order valence-electron chi connectivity index (χ1n) is 6.00. The van der Waals surface area contributed by atoms with Gasteiger partial charge in [0, 0.05) is 18.5 Å². The van der Waals surface area contributed by atoms with Gasteiger partial charge in [0.25, 0.3) is 0 Å². The van der Waals surface area contributed by atoms with E-state index in [2.05, 4.69) is 24.1 Å². The molecule has 1 rings (SSSR count). The number of nitrogens with one attached hydrogen (secondary N) is 1. The van der Waals surface area contributed by atoms with E-state index < -0.39 is 0 Å². The van der Waals surface area contributed by atoms with Crippen LogP contribution < -0.4 is 11.1 Å². The molecule has 0 saturated carbocycles. The summed E-state index contributed by atoms with van der Waals surface area (Å²) in [7, 11) is 0. The van der Waals surface area contributed by atoms with Crippen LogP contribution in [-0.4, -0.2) is 29.1 Å². The number of hydrogen-bond donors (Lipinski definition) is 3. The smallest absolute Gasteiger partial charge is 0.226 e. The number of carbonyl (C=O) groups excluding carboxylic acids is 1. The van der Waals surface area contributed by atoms with Crippen LogP contribution in [0.2, 0.25) is 0 Å². The molecular weight excluding hydrogens is 250 g/mol. The monoisotopic (exact) mass is 271 g/mol. The molecule has 0 fully saturated rings. The molecule has 1 aromatic rings. The maximum absolute atomic E-state index is 11.7. The molecule has 0 radical (unpaired) electrons. The van der Waals surface area contributed by atoms with Gasteiger partial charge in [-0.25, -0.2) is 4.98 Å². The lowest BCUT2D eigenvalue weighted by atomic mass is 9.88. The highest BCUT2D eigenvalue weighted by atomic mass is 32.1. The molecule has 4 N–H and O–H groups in total. The summed E-state index contributed by atoms with van der Waals surface area (Å²) >= 11 is 1.34. The number of rotatable bonds is 7. The predicted molar refractivity (Wildman–Crippen MR) is 73.3 cm³/mol. The Morgan fingerprint density at radius 3 is 2.89 bits per heavy atom. The van der Waals surface area contributed by atoms with Crippen LogP contribution >= 0.6 is 11.3 Å². The van der Waals surface area contributed by atoms with Crippen LogP contribution in [0.25, 0.3) is 0 Å². The van der Waals surface area contributed by atoms with Gasteiger partial charge in [0.1, 0.15) is 0 Å². The zero-order valence-corrected chi connectivity index (χ0v) is 11.7. The van der Waals surface area contributed by atoms with Crippen LogP contribution in [0.15, 0.2) is 5.38 Å². The van der Waals surface area contributed by atoms with E-state index in [9.17, 15) is 4.79 Å². The molecule has 5 nitrogen and oxygen atoms in total. The molecular formula is C12H21N3O2S. The number of aromatic nitrogens is 1. The molecule has 102 valence electrons. The fourth-order valence-electron chi connectivity index (χ4n) is 1.61. The molecule has 1 heterocycles. The standard InChI is InChI=1S/C12H21N3O2S/c1-12(2,4-3-5-16)8-14-10(17)6-9-7-18-11(13)15-9/h7,16H,3-6,8H2,1-2H3,(H2,13,15)(H,14,17). The minimum atomic E-state index is -0.0441. The summed E-state index contributed by atoms with van der Waals surface area (Å²) in [6.45, 7) is 4.94. The number of anilines is 1. The molecule has 0 unspecified atom stereocenters. The SMILES string of the molecule is CC(C)(CCCO)CNC(=O)Cc1csc(N)n1. The number of thiazole rings is 1. The number of carbonyl (C=O) groups is 1. The molecule has 0 spiro atoms. The van der Waals surface area contributed by atoms with Crippen molar-refractivity contribution in [1.82, 2.24) is 10.3 Å². The van der Waals surface area contributed by atoms with Crippen LogP contribution in [0, 0.1) is 5.41 Å². The number of nitrogen functional groups attached to an aromatic ring is 1. The minimum absolute atomic E-state index is 0.000503. The predicted octanol–water partition coefficient (Wildman–Crippen LogP) is 1.18. The van der Waals surface area contributed by atoms with Crippen LogP contribution in [0.4, 0.5) is 5.13 Å². The summed E-state index contributed by atoms with van der Waals surface area (Å²) in [5.41, 5.74) is 6.22. The fourth-order valence-corrected chi connectivity index (χ4v) is 2.18. The van der Waals surface area contributed by atoms with Crippen molar-refractivity contribution in [2.75, 3.05) is 18.9 Å². The van der Waals surface area contributed by atoms with Gasteiger partial charge in [-0.15, -0.1) is 11.3 Å². The molecule has 18 heavy (non-hydrogen) atoms. The van der Waals surface area contributed by atoms with E-state index in [4.69, 9.17) is 10.8 Å². The Balaban J connectivity index is 2.32. The zero-order valence-electron chi connectivity index (χ0n) is 10.9. The second-order valence-electron chi connectivity index (χ2n) is 5.12. The summed E-state index contributed by atoms with van der Waals surface area (Å²) in [6.07, 6.45) is 1.91. The number of nitrogens with zero attached hydrogens (tertiary/aromatic N) is 1. The van der Waals surface area contributed by atoms with E-state index in [1.165, 1.54) is 11.3 Å². The Bertz CT molecular complexity index is 390. The summed E-state index contributed by atoms with van der Waals surface area (Å²) < 4.78 is 0. The van der Waals surface area contributed by atoms with Crippen molar-refractivity contribution in [3.8, 4) is 0 Å². The van der Waals surface area contributed by atoms with Gasteiger partial charge in [-0.3, -0.25) is 4.79 Å². The lowest BCUT2D eigenvalue weighted by Crippen LogP contribution is -2.35. The lowest BCUT2D eigenvalue weighted by molar-refractivity contribution is -0.120. The number of nitrogens with two attached hydrogens (primary N) is 1. The number of hydrogen-bond acceptors (Lipinski definition) is 5. The van der Waals surface area contributed by atoms with Gasteiger partial charge in [0.2, 0.25) is 5.91 Å². The van der Waals surface area contributed by atoms with Gasteiger partial charge in [-0.05, 0) is 18.3 Å². The molecule has 6 heteroatoms. The first-order valence-corrected chi connectivity index (χ1v) is 6.88. The Morgan fingerprint density at radius 2 is 2.33 bits per heavy atom. The highest BCUT2D eigenvalue weighted by molar-refractivity contribution is 7.13. The minimum Gasteiger partial charge on any atom is -0.396 e. The van der Waals surface area contributed by atoms with Gasteiger partial charge in [0.05, 0.1) is 12.1 Å². The normalized spacial score (nSPS) is 11.5. The van der Waals surface area contributed by atoms with Crippen molar-refractivity contribution in [2.24, 2.45) is 5.41 Å². The van der Waals surface area contributed by atoms with Gasteiger partial charge in [-0.1, -0.05) is 13.8 Å². The van der Waals surface area contributed by atoms with Crippen molar-refractivity contribution in [3.63, 3.8) is 0 Å². The third-order valence-corrected chi connectivity index (χ3v) is 3.41. The van der Waals surface area contributed by atoms with E-state index in [1.54, 1.807) is 5.38 Å². The van der Waals surface area contributed by atoms with E-state index in [1.807, 2.05) is 0 Å². The topological polar surface area (TPSA) is 88.2 Å². The lowest BCUT2D eigenvalue weighted by Gasteiger charge is -2.24. The van der Waals surface area contributed by atoms with Gasteiger partial charge in [-0.2, -0.15) is 0 Å². The first-order chi connectivity index (χ1) is 8.43. The number of amides is 1. The quantitative estimate of drug-likeness (QED) is 0.695. The molecule has 0 aliphatic rings. The Kier molecular flexibility index (Phi) is 5.55. The molecule has 0 aliphatic heterocycles. The Morgan fingerprint density at radius 1 is 1.61 bits per heavy atom. The highest BCUT2D eigenvalue weighted by Crippen LogP contribution is 2.20.